The third-order valence-electron chi connectivity index (χ3n) is 6.93. The third-order valence-corrected chi connectivity index (χ3v) is 7.25. The molecule has 2 aromatic heterocycles. The van der Waals surface area contributed by atoms with E-state index >= 15 is 0 Å². The van der Waals surface area contributed by atoms with Crippen LogP contribution in [0.4, 0.5) is 0 Å². The molecule has 3 N–H and O–H groups in total. The Bertz CT molecular complexity index is 1480. The van der Waals surface area contributed by atoms with Crippen LogP contribution >= 0.6 is 12.2 Å². The molecule has 2 heterocycles. The molecule has 2 aromatic carbocycles. The van der Waals surface area contributed by atoms with Gasteiger partial charge in [0, 0.05) is 22.5 Å². The number of methoxy groups -OCH3 is 1. The summed E-state index contributed by atoms with van der Waals surface area (Å²) in [5, 5.41) is 4.04. The molecule has 1 aliphatic carbocycles. The van der Waals surface area contributed by atoms with Crippen molar-refractivity contribution in [2.24, 2.45) is 5.92 Å². The summed E-state index contributed by atoms with van der Waals surface area (Å²) in [6.45, 7) is 2.51. The number of nitrogens with one attached hydrogen (secondary N) is 3. The summed E-state index contributed by atoms with van der Waals surface area (Å²) in [5.41, 5.74) is 3.29. The molecular weight excluding hydrogens is 448 g/mol. The highest BCUT2D eigenvalue weighted by molar-refractivity contribution is 7.71. The van der Waals surface area contributed by atoms with Crippen LogP contribution in [-0.4, -0.2) is 33.6 Å². The van der Waals surface area contributed by atoms with Gasteiger partial charge < -0.3 is 20.0 Å². The van der Waals surface area contributed by atoms with Gasteiger partial charge in [-0.05, 0) is 66.9 Å². The molecule has 1 amide bonds. The molecule has 4 aromatic rings. The molecule has 2 atom stereocenters. The van der Waals surface area contributed by atoms with Gasteiger partial charge in [0.1, 0.15) is 11.3 Å². The summed E-state index contributed by atoms with van der Waals surface area (Å²) >= 11 is 5.52. The van der Waals surface area contributed by atoms with Crippen LogP contribution in [0.15, 0.2) is 47.3 Å². The molecule has 1 fully saturated rings. The van der Waals surface area contributed by atoms with Crippen molar-refractivity contribution in [3.63, 3.8) is 0 Å². The van der Waals surface area contributed by atoms with Gasteiger partial charge in [-0.1, -0.05) is 31.9 Å². The van der Waals surface area contributed by atoms with E-state index < -0.39 is 0 Å². The maximum atomic E-state index is 13.3. The highest BCUT2D eigenvalue weighted by atomic mass is 32.1. The smallest absolute Gasteiger partial charge is 0.278 e. The number of nitrogens with zero attached hydrogens (tertiary/aromatic N) is 1. The number of hydrogen-bond donors (Lipinski definition) is 3. The lowest BCUT2D eigenvalue weighted by Gasteiger charge is -2.29. The van der Waals surface area contributed by atoms with Gasteiger partial charge in [0.05, 0.1) is 19.2 Å². The van der Waals surface area contributed by atoms with Crippen molar-refractivity contribution >= 4 is 40.1 Å². The minimum Gasteiger partial charge on any atom is -0.497 e. The number of fused-ring (bicyclic) bond motifs is 3. The van der Waals surface area contributed by atoms with Crippen molar-refractivity contribution < 1.29 is 9.53 Å². The van der Waals surface area contributed by atoms with Crippen LogP contribution in [0, 0.1) is 10.7 Å². The van der Waals surface area contributed by atoms with Crippen molar-refractivity contribution in [2.75, 3.05) is 7.11 Å². The number of rotatable bonds is 5. The molecule has 5 rings (SSSR count). The predicted molar refractivity (Wildman–Crippen MR) is 136 cm³/mol. The number of aromatic nitrogens is 3. The maximum Gasteiger partial charge on any atom is 0.278 e. The summed E-state index contributed by atoms with van der Waals surface area (Å²) < 4.78 is 7.19. The molecular formula is C26H28N4O3S. The third kappa shape index (κ3) is 4.14. The lowest BCUT2D eigenvalue weighted by molar-refractivity contribution is 0.0910. The van der Waals surface area contributed by atoms with Crippen LogP contribution in [0.5, 0.6) is 5.75 Å². The topological polar surface area (TPSA) is 91.9 Å². The second-order valence-electron chi connectivity index (χ2n) is 9.15. The van der Waals surface area contributed by atoms with Crippen LogP contribution in [0.25, 0.3) is 21.9 Å². The number of carbonyl (C=O) groups excluding carboxylic acids is 1. The Morgan fingerprint density at radius 1 is 1.12 bits per heavy atom. The first-order valence-electron chi connectivity index (χ1n) is 11.7. The van der Waals surface area contributed by atoms with Crippen molar-refractivity contribution in [1.29, 1.82) is 0 Å². The van der Waals surface area contributed by atoms with Crippen molar-refractivity contribution in [1.82, 2.24) is 19.9 Å². The number of ether oxygens (including phenoxy) is 1. The van der Waals surface area contributed by atoms with E-state index in [0.717, 1.165) is 35.7 Å². The molecule has 176 valence electrons. The summed E-state index contributed by atoms with van der Waals surface area (Å²) in [5.74, 6) is 1.17. The van der Waals surface area contributed by atoms with E-state index in [2.05, 4.69) is 22.2 Å². The normalized spacial score (nSPS) is 18.3. The molecule has 34 heavy (non-hydrogen) atoms. The van der Waals surface area contributed by atoms with E-state index in [1.165, 1.54) is 11.0 Å². The first-order chi connectivity index (χ1) is 16.4. The van der Waals surface area contributed by atoms with Gasteiger partial charge in [-0.3, -0.25) is 14.2 Å². The number of benzene rings is 2. The van der Waals surface area contributed by atoms with Gasteiger partial charge in [-0.25, -0.2) is 0 Å². The quantitative estimate of drug-likeness (QED) is 0.357. The Labute approximate surface area is 202 Å². The van der Waals surface area contributed by atoms with E-state index in [4.69, 9.17) is 17.0 Å². The zero-order valence-electron chi connectivity index (χ0n) is 19.3. The van der Waals surface area contributed by atoms with Crippen LogP contribution in [0.3, 0.4) is 0 Å². The number of aromatic amines is 2. The monoisotopic (exact) mass is 476 g/mol. The predicted octanol–water partition coefficient (Wildman–Crippen LogP) is 4.91. The molecule has 0 bridgehead atoms. The minimum atomic E-state index is -0.193. The van der Waals surface area contributed by atoms with E-state index in [9.17, 15) is 9.59 Å². The fourth-order valence-electron chi connectivity index (χ4n) is 4.86. The molecule has 0 radical (unpaired) electrons. The van der Waals surface area contributed by atoms with Gasteiger partial charge >= 0.3 is 0 Å². The van der Waals surface area contributed by atoms with Crippen LogP contribution < -0.4 is 15.6 Å². The summed E-state index contributed by atoms with van der Waals surface area (Å²) in [4.78, 5) is 32.4. The first-order valence-corrected chi connectivity index (χ1v) is 12.1. The SMILES string of the molecule is COc1ccc2[nH]c3c(=O)n(Cc4ccc(C(=O)N[C@@H]5CCCC[C@@H]5C)cc4)c(=S)[nH]c3c2c1. The molecule has 1 aliphatic rings. The molecule has 1 saturated carbocycles. The molecule has 0 unspecified atom stereocenters. The number of hydrogen-bond acceptors (Lipinski definition) is 4. The fourth-order valence-corrected chi connectivity index (χ4v) is 5.11. The van der Waals surface area contributed by atoms with Gasteiger partial charge in [0.2, 0.25) is 0 Å². The Hall–Kier alpha value is -3.39. The van der Waals surface area contributed by atoms with Crippen LogP contribution in [0.2, 0.25) is 0 Å². The fraction of sp³-hybridized carbons (Fsp3) is 0.346. The Morgan fingerprint density at radius 3 is 2.62 bits per heavy atom. The highest BCUT2D eigenvalue weighted by Crippen LogP contribution is 2.26. The Balaban J connectivity index is 1.39. The average Bonchev–Trinajstić information content (AvgIpc) is 3.21. The van der Waals surface area contributed by atoms with Gasteiger partial charge in [0.15, 0.2) is 4.77 Å². The van der Waals surface area contributed by atoms with E-state index in [0.29, 0.717) is 39.6 Å². The number of H-pyrrole nitrogens is 2. The van der Waals surface area contributed by atoms with E-state index in [1.807, 2.05) is 42.5 Å². The minimum absolute atomic E-state index is 0.0466. The summed E-state index contributed by atoms with van der Waals surface area (Å²) in [7, 11) is 1.61. The average molecular weight is 477 g/mol. The van der Waals surface area contributed by atoms with E-state index in [1.54, 1.807) is 7.11 Å². The lowest BCUT2D eigenvalue weighted by atomic mass is 9.86. The van der Waals surface area contributed by atoms with Gasteiger partial charge in [-0.2, -0.15) is 0 Å². The highest BCUT2D eigenvalue weighted by Gasteiger charge is 2.23. The lowest BCUT2D eigenvalue weighted by Crippen LogP contribution is -2.41. The molecule has 0 spiro atoms. The van der Waals surface area contributed by atoms with E-state index in [-0.39, 0.29) is 17.5 Å². The van der Waals surface area contributed by atoms with Crippen molar-refractivity contribution in [2.45, 2.75) is 45.2 Å². The maximum absolute atomic E-state index is 13.3. The van der Waals surface area contributed by atoms with Crippen LogP contribution in [-0.2, 0) is 6.54 Å². The zero-order valence-corrected chi connectivity index (χ0v) is 20.1. The van der Waals surface area contributed by atoms with Gasteiger partial charge in [0.25, 0.3) is 11.5 Å². The van der Waals surface area contributed by atoms with Gasteiger partial charge in [-0.15, -0.1) is 0 Å². The Morgan fingerprint density at radius 2 is 1.88 bits per heavy atom. The summed E-state index contributed by atoms with van der Waals surface area (Å²) in [6.07, 6.45) is 4.60. The number of carbonyl (C=O) groups is 1. The molecule has 0 saturated heterocycles. The zero-order chi connectivity index (χ0) is 23.8. The Kier molecular flexibility index (Phi) is 6.00. The number of amides is 1. The second-order valence-corrected chi connectivity index (χ2v) is 9.53. The largest absolute Gasteiger partial charge is 0.497 e. The molecule has 7 nitrogen and oxygen atoms in total. The summed E-state index contributed by atoms with van der Waals surface area (Å²) in [6, 6.07) is 13.2. The molecule has 0 aliphatic heterocycles. The first kappa shape index (κ1) is 22.4. The van der Waals surface area contributed by atoms with Crippen molar-refractivity contribution in [3.05, 3.63) is 68.7 Å². The van der Waals surface area contributed by atoms with Crippen LogP contribution in [0.1, 0.15) is 48.5 Å². The molecule has 8 heteroatoms. The second kappa shape index (κ2) is 9.10. The standard InChI is InChI=1S/C26H28N4O3S/c1-15-5-3-4-6-20(15)28-24(31)17-9-7-16(8-10-17)14-30-25(32)23-22(29-26(30)34)19-13-18(33-2)11-12-21(19)27-23/h7-13,15,20,27H,3-6,14H2,1-2H3,(H,28,31)(H,29,34)/t15-,20+/m0/s1. The van der Waals surface area contributed by atoms with Crippen molar-refractivity contribution in [3.8, 4) is 5.75 Å².